The fourth-order valence-corrected chi connectivity index (χ4v) is 3.63. The molecule has 1 saturated heterocycles. The Balaban J connectivity index is 1.60. The van der Waals surface area contributed by atoms with E-state index in [1.165, 1.54) is 0 Å². The first kappa shape index (κ1) is 23.4. The summed E-state index contributed by atoms with van der Waals surface area (Å²) in [6.07, 6.45) is -1.71. The van der Waals surface area contributed by atoms with E-state index in [0.717, 1.165) is 15.7 Å². The third-order valence-corrected chi connectivity index (χ3v) is 4.93. The van der Waals surface area contributed by atoms with Gasteiger partial charge < -0.3 is 20.3 Å². The van der Waals surface area contributed by atoms with Crippen molar-refractivity contribution in [2.45, 2.75) is 51.2 Å². The molecule has 0 aliphatic carbocycles. The second kappa shape index (κ2) is 9.10. The lowest BCUT2D eigenvalue weighted by molar-refractivity contribution is -0.132. The summed E-state index contributed by atoms with van der Waals surface area (Å²) in [5.74, 6) is -4.27. The van der Waals surface area contributed by atoms with Crippen molar-refractivity contribution in [3.63, 3.8) is 0 Å². The van der Waals surface area contributed by atoms with Gasteiger partial charge in [0, 0.05) is 24.6 Å². The lowest BCUT2D eigenvalue weighted by Crippen LogP contribution is -2.45. The Morgan fingerprint density at radius 2 is 1.81 bits per heavy atom. The third kappa shape index (κ3) is 6.38. The van der Waals surface area contributed by atoms with Crippen LogP contribution in [0.4, 0.5) is 19.3 Å². The first-order chi connectivity index (χ1) is 14.9. The summed E-state index contributed by atoms with van der Waals surface area (Å²) >= 11 is 0. The van der Waals surface area contributed by atoms with Gasteiger partial charge >= 0.3 is 6.09 Å². The molecule has 3 rings (SSSR count). The van der Waals surface area contributed by atoms with Crippen LogP contribution in [0.25, 0.3) is 10.8 Å². The number of alkyl halides is 2. The van der Waals surface area contributed by atoms with E-state index in [0.29, 0.717) is 5.69 Å². The first-order valence-electron chi connectivity index (χ1n) is 10.3. The molecule has 0 aromatic heterocycles. The van der Waals surface area contributed by atoms with Gasteiger partial charge in [-0.25, -0.2) is 13.6 Å². The number of rotatable bonds is 5. The molecule has 32 heavy (non-hydrogen) atoms. The summed E-state index contributed by atoms with van der Waals surface area (Å²) in [7, 11) is 0. The number of nitrogens with zero attached hydrogens (tertiary/aromatic N) is 1. The molecular formula is C23H27F2N3O4. The summed E-state index contributed by atoms with van der Waals surface area (Å²) in [6, 6.07) is 12.0. The number of alkyl carbamates (subject to hydrolysis) is 1. The van der Waals surface area contributed by atoms with Crippen LogP contribution in [0.3, 0.4) is 0 Å². The quantitative estimate of drug-likeness (QED) is 0.727. The molecule has 9 heteroatoms. The van der Waals surface area contributed by atoms with Crippen molar-refractivity contribution in [3.8, 4) is 0 Å². The van der Waals surface area contributed by atoms with Crippen molar-refractivity contribution in [1.29, 1.82) is 0 Å². The largest absolute Gasteiger partial charge is 0.444 e. The topological polar surface area (TPSA) is 87.7 Å². The molecule has 0 unspecified atom stereocenters. The number of carbonyl (C=O) groups is 3. The molecule has 1 aliphatic rings. The fraction of sp³-hybridized carbons (Fsp3) is 0.435. The highest BCUT2D eigenvalue weighted by atomic mass is 19.3. The summed E-state index contributed by atoms with van der Waals surface area (Å²) in [5.41, 5.74) is -0.208. The molecule has 2 aromatic carbocycles. The maximum absolute atomic E-state index is 14.0. The van der Waals surface area contributed by atoms with E-state index in [1.54, 1.807) is 32.9 Å². The van der Waals surface area contributed by atoms with E-state index in [1.807, 2.05) is 30.3 Å². The van der Waals surface area contributed by atoms with Crippen molar-refractivity contribution < 1.29 is 27.9 Å². The highest BCUT2D eigenvalue weighted by Crippen LogP contribution is 2.33. The second-order valence-electron chi connectivity index (χ2n) is 8.91. The van der Waals surface area contributed by atoms with Crippen LogP contribution in [-0.2, 0) is 14.3 Å². The van der Waals surface area contributed by atoms with Gasteiger partial charge in [0.15, 0.2) is 0 Å². The number of nitrogens with one attached hydrogen (secondary N) is 2. The standard InChI is InChI=1S/C23H27F2N3O4/c1-22(2,3)32-21(31)26-13-20(30)28-14-23(24,25)12-18(28)11-19(29)27-17-9-8-15-6-4-5-7-16(15)10-17/h4-10,18H,11-14H2,1-3H3,(H,26,31)(H,27,29)/t18-/m1/s1. The Morgan fingerprint density at radius 1 is 1.12 bits per heavy atom. The molecular weight excluding hydrogens is 420 g/mol. The number of halogens is 2. The molecule has 0 bridgehead atoms. The molecule has 1 atom stereocenters. The molecule has 0 radical (unpaired) electrons. The average Bonchev–Trinajstić information content (AvgIpc) is 2.98. The van der Waals surface area contributed by atoms with Crippen LogP contribution in [0.15, 0.2) is 42.5 Å². The fourth-order valence-electron chi connectivity index (χ4n) is 3.63. The highest BCUT2D eigenvalue weighted by molar-refractivity contribution is 5.95. The van der Waals surface area contributed by atoms with Crippen molar-refractivity contribution in [1.82, 2.24) is 10.2 Å². The molecule has 0 spiro atoms. The molecule has 1 heterocycles. The van der Waals surface area contributed by atoms with Gasteiger partial charge in [-0.15, -0.1) is 0 Å². The summed E-state index contributed by atoms with van der Waals surface area (Å²) in [6.45, 7) is 3.71. The minimum Gasteiger partial charge on any atom is -0.444 e. The molecule has 1 fully saturated rings. The number of fused-ring (bicyclic) bond motifs is 1. The van der Waals surface area contributed by atoms with Gasteiger partial charge in [-0.05, 0) is 43.7 Å². The number of likely N-dealkylation sites (tertiary alicyclic amines) is 1. The predicted molar refractivity (Wildman–Crippen MR) is 116 cm³/mol. The van der Waals surface area contributed by atoms with Gasteiger partial charge in [-0.2, -0.15) is 0 Å². The van der Waals surface area contributed by atoms with Crippen molar-refractivity contribution >= 4 is 34.4 Å². The van der Waals surface area contributed by atoms with E-state index in [9.17, 15) is 23.2 Å². The monoisotopic (exact) mass is 447 g/mol. The number of carbonyl (C=O) groups excluding carboxylic acids is 3. The maximum atomic E-state index is 14.0. The van der Waals surface area contributed by atoms with Crippen molar-refractivity contribution in [2.24, 2.45) is 0 Å². The van der Waals surface area contributed by atoms with Crippen LogP contribution in [0.1, 0.15) is 33.6 Å². The van der Waals surface area contributed by atoms with Gasteiger partial charge in [-0.3, -0.25) is 9.59 Å². The summed E-state index contributed by atoms with van der Waals surface area (Å²) in [4.78, 5) is 37.7. The summed E-state index contributed by atoms with van der Waals surface area (Å²) in [5, 5.41) is 6.93. The molecule has 1 aliphatic heterocycles. The summed E-state index contributed by atoms with van der Waals surface area (Å²) < 4.78 is 33.1. The Bertz CT molecular complexity index is 1020. The zero-order valence-corrected chi connectivity index (χ0v) is 18.3. The predicted octanol–water partition coefficient (Wildman–Crippen LogP) is 3.93. The first-order valence-corrected chi connectivity index (χ1v) is 10.3. The number of hydrogen-bond donors (Lipinski definition) is 2. The Hall–Kier alpha value is -3.23. The van der Waals surface area contributed by atoms with E-state index >= 15 is 0 Å². The molecule has 0 saturated carbocycles. The van der Waals surface area contributed by atoms with Crippen molar-refractivity contribution in [2.75, 3.05) is 18.4 Å². The van der Waals surface area contributed by atoms with Gasteiger partial charge in [0.25, 0.3) is 5.92 Å². The van der Waals surface area contributed by atoms with Crippen LogP contribution < -0.4 is 10.6 Å². The van der Waals surface area contributed by atoms with Crippen LogP contribution in [0, 0.1) is 0 Å². The number of anilines is 1. The average molecular weight is 447 g/mol. The van der Waals surface area contributed by atoms with Crippen molar-refractivity contribution in [3.05, 3.63) is 42.5 Å². The van der Waals surface area contributed by atoms with E-state index < -0.39 is 55.0 Å². The molecule has 172 valence electrons. The Kier molecular flexibility index (Phi) is 6.66. The number of ether oxygens (including phenoxy) is 1. The van der Waals surface area contributed by atoms with Crippen LogP contribution in [0.5, 0.6) is 0 Å². The minimum atomic E-state index is -3.10. The van der Waals surface area contributed by atoms with Gasteiger partial charge in [0.05, 0.1) is 6.54 Å². The van der Waals surface area contributed by atoms with E-state index in [-0.39, 0.29) is 6.42 Å². The normalized spacial score (nSPS) is 17.8. The zero-order chi connectivity index (χ0) is 23.5. The second-order valence-corrected chi connectivity index (χ2v) is 8.91. The molecule has 7 nitrogen and oxygen atoms in total. The number of amides is 3. The molecule has 2 N–H and O–H groups in total. The van der Waals surface area contributed by atoms with E-state index in [4.69, 9.17) is 4.74 Å². The number of hydrogen-bond acceptors (Lipinski definition) is 4. The lowest BCUT2D eigenvalue weighted by Gasteiger charge is -2.24. The maximum Gasteiger partial charge on any atom is 0.408 e. The van der Waals surface area contributed by atoms with Crippen LogP contribution in [-0.4, -0.2) is 53.5 Å². The smallest absolute Gasteiger partial charge is 0.408 e. The molecule has 3 amide bonds. The van der Waals surface area contributed by atoms with Crippen LogP contribution in [0.2, 0.25) is 0 Å². The van der Waals surface area contributed by atoms with Crippen LogP contribution >= 0.6 is 0 Å². The minimum absolute atomic E-state index is 0.277. The third-order valence-electron chi connectivity index (χ3n) is 4.93. The van der Waals surface area contributed by atoms with E-state index in [2.05, 4.69) is 10.6 Å². The lowest BCUT2D eigenvalue weighted by atomic mass is 10.1. The van der Waals surface area contributed by atoms with Gasteiger partial charge in [-0.1, -0.05) is 30.3 Å². The Morgan fingerprint density at radius 3 is 2.50 bits per heavy atom. The highest BCUT2D eigenvalue weighted by Gasteiger charge is 2.47. The van der Waals surface area contributed by atoms with Gasteiger partial charge in [0.1, 0.15) is 12.1 Å². The number of benzene rings is 2. The SMILES string of the molecule is CC(C)(C)OC(=O)NCC(=O)N1CC(F)(F)C[C@H]1CC(=O)Nc1ccc2ccccc2c1. The Labute approximate surface area is 185 Å². The zero-order valence-electron chi connectivity index (χ0n) is 18.3. The van der Waals surface area contributed by atoms with Gasteiger partial charge in [0.2, 0.25) is 11.8 Å². The molecule has 2 aromatic rings.